The molecule has 0 radical (unpaired) electrons. The van der Waals surface area contributed by atoms with Gasteiger partial charge in [-0.2, -0.15) is 0 Å². The summed E-state index contributed by atoms with van der Waals surface area (Å²) in [5.74, 6) is 0.360. The lowest BCUT2D eigenvalue weighted by Crippen LogP contribution is -2.38. The van der Waals surface area contributed by atoms with Crippen molar-refractivity contribution >= 4 is 11.6 Å². The maximum atomic E-state index is 12.3. The lowest BCUT2D eigenvalue weighted by molar-refractivity contribution is 0.0638. The second-order valence-corrected chi connectivity index (χ2v) is 7.59. The average molecular weight is 406 g/mol. The van der Waals surface area contributed by atoms with Gasteiger partial charge in [-0.15, -0.1) is 0 Å². The molecule has 1 aliphatic heterocycles. The van der Waals surface area contributed by atoms with Gasteiger partial charge in [0.15, 0.2) is 0 Å². The Kier molecular flexibility index (Phi) is 6.11. The molecule has 4 rings (SSSR count). The predicted molar refractivity (Wildman–Crippen MR) is 115 cm³/mol. The second-order valence-electron chi connectivity index (χ2n) is 7.59. The summed E-state index contributed by atoms with van der Waals surface area (Å²) in [5.41, 5.74) is 3.82. The van der Waals surface area contributed by atoms with Crippen molar-refractivity contribution < 1.29 is 14.6 Å². The highest BCUT2D eigenvalue weighted by Crippen LogP contribution is 2.20. The number of nitrogens with one attached hydrogen (secondary N) is 1. The van der Waals surface area contributed by atoms with Gasteiger partial charge in [0.2, 0.25) is 0 Å². The standard InChI is InChI=1S/C23H26N4O3/c1-26-16-24-12-22(26)23(29)25-19-7-4-8-21(11-19)30-15-20(28)14-27-10-9-17-5-2-3-6-18(17)13-27/h2-8,11-12,16,20,28H,9-10,13-15H2,1H3,(H,25,29)/t20-/m0/s1. The van der Waals surface area contributed by atoms with Gasteiger partial charge in [0.25, 0.3) is 5.91 Å². The molecule has 2 N–H and O–H groups in total. The van der Waals surface area contributed by atoms with E-state index in [1.165, 1.54) is 17.3 Å². The molecule has 7 heteroatoms. The van der Waals surface area contributed by atoms with E-state index in [-0.39, 0.29) is 12.5 Å². The number of fused-ring (bicyclic) bond motifs is 1. The lowest BCUT2D eigenvalue weighted by Gasteiger charge is -2.30. The molecule has 2 heterocycles. The smallest absolute Gasteiger partial charge is 0.273 e. The van der Waals surface area contributed by atoms with Gasteiger partial charge in [0, 0.05) is 38.4 Å². The first-order chi connectivity index (χ1) is 14.6. The fourth-order valence-corrected chi connectivity index (χ4v) is 3.69. The molecular weight excluding hydrogens is 380 g/mol. The van der Waals surface area contributed by atoms with Crippen molar-refractivity contribution in [1.29, 1.82) is 0 Å². The van der Waals surface area contributed by atoms with E-state index in [0.29, 0.717) is 23.7 Å². The number of nitrogens with zero attached hydrogens (tertiary/aromatic N) is 3. The lowest BCUT2D eigenvalue weighted by atomic mass is 10.00. The number of benzene rings is 2. The van der Waals surface area contributed by atoms with Crippen molar-refractivity contribution in [2.24, 2.45) is 7.05 Å². The first-order valence-corrected chi connectivity index (χ1v) is 10.1. The molecule has 1 amide bonds. The number of aryl methyl sites for hydroxylation is 1. The van der Waals surface area contributed by atoms with Crippen LogP contribution < -0.4 is 10.1 Å². The molecule has 1 atom stereocenters. The van der Waals surface area contributed by atoms with E-state index >= 15 is 0 Å². The Labute approximate surface area is 175 Å². The molecule has 0 saturated heterocycles. The van der Waals surface area contributed by atoms with Crippen molar-refractivity contribution in [3.63, 3.8) is 0 Å². The number of aromatic nitrogens is 2. The van der Waals surface area contributed by atoms with Crippen LogP contribution in [0.25, 0.3) is 0 Å². The molecule has 30 heavy (non-hydrogen) atoms. The normalized spacial score (nSPS) is 14.7. The van der Waals surface area contributed by atoms with Gasteiger partial charge in [-0.1, -0.05) is 30.3 Å². The Hall–Kier alpha value is -3.16. The number of β-amino-alcohol motifs (C(OH)–C–C–N with tert-alkyl or cyclic N) is 1. The Morgan fingerprint density at radius 3 is 2.87 bits per heavy atom. The molecule has 3 aromatic rings. The van der Waals surface area contributed by atoms with Crippen LogP contribution in [-0.4, -0.2) is 51.3 Å². The number of rotatable bonds is 7. The van der Waals surface area contributed by atoms with Crippen LogP contribution in [0, 0.1) is 0 Å². The monoisotopic (exact) mass is 406 g/mol. The highest BCUT2D eigenvalue weighted by atomic mass is 16.5. The highest BCUT2D eigenvalue weighted by molar-refractivity contribution is 6.03. The zero-order valence-electron chi connectivity index (χ0n) is 17.0. The summed E-state index contributed by atoms with van der Waals surface area (Å²) in [6.07, 6.45) is 3.51. The minimum absolute atomic E-state index is 0.192. The Morgan fingerprint density at radius 2 is 2.07 bits per heavy atom. The summed E-state index contributed by atoms with van der Waals surface area (Å²) < 4.78 is 7.43. The molecule has 1 aromatic heterocycles. The van der Waals surface area contributed by atoms with Crippen LogP contribution in [0.2, 0.25) is 0 Å². The zero-order chi connectivity index (χ0) is 20.9. The van der Waals surface area contributed by atoms with E-state index in [1.54, 1.807) is 30.1 Å². The van der Waals surface area contributed by atoms with Crippen molar-refractivity contribution in [3.05, 3.63) is 77.9 Å². The quantitative estimate of drug-likeness (QED) is 0.630. The van der Waals surface area contributed by atoms with Gasteiger partial charge in [0.05, 0.1) is 12.5 Å². The number of imidazole rings is 1. The van der Waals surface area contributed by atoms with E-state index in [2.05, 4.69) is 39.5 Å². The highest BCUT2D eigenvalue weighted by Gasteiger charge is 2.19. The molecule has 0 fully saturated rings. The molecule has 0 spiro atoms. The fraction of sp³-hybridized carbons (Fsp3) is 0.304. The summed E-state index contributed by atoms with van der Waals surface area (Å²) in [4.78, 5) is 18.5. The number of carbonyl (C=O) groups is 1. The molecule has 0 saturated carbocycles. The van der Waals surface area contributed by atoms with E-state index in [1.807, 2.05) is 12.1 Å². The Morgan fingerprint density at radius 1 is 1.23 bits per heavy atom. The third-order valence-corrected chi connectivity index (χ3v) is 5.26. The van der Waals surface area contributed by atoms with Gasteiger partial charge in [-0.05, 0) is 29.7 Å². The topological polar surface area (TPSA) is 79.6 Å². The van der Waals surface area contributed by atoms with E-state index < -0.39 is 6.10 Å². The maximum absolute atomic E-state index is 12.3. The van der Waals surface area contributed by atoms with Gasteiger partial charge in [-0.3, -0.25) is 9.69 Å². The number of hydrogen-bond donors (Lipinski definition) is 2. The minimum atomic E-state index is -0.594. The molecule has 1 aliphatic rings. The van der Waals surface area contributed by atoms with Crippen LogP contribution in [0.5, 0.6) is 5.75 Å². The van der Waals surface area contributed by atoms with E-state index in [9.17, 15) is 9.90 Å². The van der Waals surface area contributed by atoms with Crippen LogP contribution >= 0.6 is 0 Å². The maximum Gasteiger partial charge on any atom is 0.273 e. The number of hydrogen-bond acceptors (Lipinski definition) is 5. The Balaban J connectivity index is 1.28. The van der Waals surface area contributed by atoms with Crippen LogP contribution in [0.3, 0.4) is 0 Å². The number of ether oxygens (including phenoxy) is 1. The average Bonchev–Trinajstić information content (AvgIpc) is 3.18. The molecule has 156 valence electrons. The summed E-state index contributed by atoms with van der Waals surface area (Å²) in [6, 6.07) is 15.6. The summed E-state index contributed by atoms with van der Waals surface area (Å²) in [7, 11) is 1.77. The minimum Gasteiger partial charge on any atom is -0.491 e. The number of carbonyl (C=O) groups excluding carboxylic acids is 1. The van der Waals surface area contributed by atoms with Crippen molar-refractivity contribution in [2.75, 3.05) is 25.0 Å². The largest absolute Gasteiger partial charge is 0.491 e. The zero-order valence-corrected chi connectivity index (χ0v) is 17.0. The fourth-order valence-electron chi connectivity index (χ4n) is 3.69. The van der Waals surface area contributed by atoms with Gasteiger partial charge in [-0.25, -0.2) is 4.98 Å². The molecule has 0 unspecified atom stereocenters. The number of aliphatic hydroxyl groups excluding tert-OH is 1. The predicted octanol–water partition coefficient (Wildman–Crippen LogP) is 2.47. The van der Waals surface area contributed by atoms with E-state index in [0.717, 1.165) is 19.5 Å². The number of anilines is 1. The summed E-state index contributed by atoms with van der Waals surface area (Å²) in [5, 5.41) is 13.3. The van der Waals surface area contributed by atoms with E-state index in [4.69, 9.17) is 4.74 Å². The molecule has 2 aromatic carbocycles. The van der Waals surface area contributed by atoms with Crippen LogP contribution in [-0.2, 0) is 20.0 Å². The Bertz CT molecular complexity index is 1020. The van der Waals surface area contributed by atoms with Crippen LogP contribution in [0.1, 0.15) is 21.6 Å². The van der Waals surface area contributed by atoms with Crippen molar-refractivity contribution in [3.8, 4) is 5.75 Å². The second kappa shape index (κ2) is 9.11. The van der Waals surface area contributed by atoms with Crippen molar-refractivity contribution in [1.82, 2.24) is 14.5 Å². The first-order valence-electron chi connectivity index (χ1n) is 10.1. The third kappa shape index (κ3) is 4.87. The summed E-state index contributed by atoms with van der Waals surface area (Å²) >= 11 is 0. The van der Waals surface area contributed by atoms with Gasteiger partial charge >= 0.3 is 0 Å². The first kappa shape index (κ1) is 20.1. The molecule has 0 aliphatic carbocycles. The van der Waals surface area contributed by atoms with Gasteiger partial charge < -0.3 is 19.7 Å². The van der Waals surface area contributed by atoms with Gasteiger partial charge in [0.1, 0.15) is 24.2 Å². The molecule has 0 bridgehead atoms. The van der Waals surface area contributed by atoms with Crippen molar-refractivity contribution in [2.45, 2.75) is 19.1 Å². The van der Waals surface area contributed by atoms with Crippen LogP contribution in [0.4, 0.5) is 5.69 Å². The SMILES string of the molecule is Cn1cncc1C(=O)Nc1cccc(OC[C@@H](O)CN2CCc3ccccc3C2)c1. The number of amides is 1. The summed E-state index contributed by atoms with van der Waals surface area (Å²) in [6.45, 7) is 2.54. The number of aliphatic hydroxyl groups is 1. The van der Waals surface area contributed by atoms with Crippen LogP contribution in [0.15, 0.2) is 61.1 Å². The third-order valence-electron chi connectivity index (χ3n) is 5.26. The molecule has 7 nitrogen and oxygen atoms in total. The molecular formula is C23H26N4O3.